The summed E-state index contributed by atoms with van der Waals surface area (Å²) in [7, 11) is 0. The fraction of sp³-hybridized carbons (Fsp3) is 0.318. The Labute approximate surface area is 164 Å². The van der Waals surface area contributed by atoms with Crippen LogP contribution in [0.1, 0.15) is 24.0 Å². The Morgan fingerprint density at radius 2 is 1.86 bits per heavy atom. The van der Waals surface area contributed by atoms with Crippen molar-refractivity contribution in [2.24, 2.45) is 5.73 Å². The third-order valence-electron chi connectivity index (χ3n) is 5.06. The van der Waals surface area contributed by atoms with Crippen molar-refractivity contribution in [3.63, 3.8) is 0 Å². The number of hydrogen-bond acceptors (Lipinski definition) is 5. The fourth-order valence-corrected chi connectivity index (χ4v) is 3.28. The molecule has 0 saturated carbocycles. The van der Waals surface area contributed by atoms with E-state index in [1.165, 1.54) is 0 Å². The van der Waals surface area contributed by atoms with E-state index in [9.17, 15) is 15.3 Å². The summed E-state index contributed by atoms with van der Waals surface area (Å²) in [6.07, 6.45) is 1.09. The lowest BCUT2D eigenvalue weighted by Gasteiger charge is -2.32. The number of amides is 1. The zero-order valence-corrected chi connectivity index (χ0v) is 15.5. The van der Waals surface area contributed by atoms with Gasteiger partial charge in [-0.2, -0.15) is 10.5 Å². The lowest BCUT2D eigenvalue weighted by atomic mass is 9.89. The number of carbonyl (C=O) groups is 1. The molecular formula is C22H22N4O2. The number of nitrogens with zero attached hydrogens (tertiary/aromatic N) is 2. The first kappa shape index (κ1) is 19.6. The molecule has 1 aliphatic rings. The summed E-state index contributed by atoms with van der Waals surface area (Å²) in [5.74, 6) is -0.346. The monoisotopic (exact) mass is 374 g/mol. The molecule has 3 N–H and O–H groups in total. The van der Waals surface area contributed by atoms with E-state index in [0.717, 1.165) is 11.1 Å². The lowest BCUT2D eigenvalue weighted by Crippen LogP contribution is -2.58. The van der Waals surface area contributed by atoms with E-state index >= 15 is 0 Å². The molecule has 1 amide bonds. The van der Waals surface area contributed by atoms with Gasteiger partial charge < -0.3 is 15.8 Å². The van der Waals surface area contributed by atoms with E-state index in [4.69, 9.17) is 10.5 Å². The second kappa shape index (κ2) is 8.67. The van der Waals surface area contributed by atoms with Crippen molar-refractivity contribution < 1.29 is 9.53 Å². The van der Waals surface area contributed by atoms with Crippen LogP contribution in [0.25, 0.3) is 11.1 Å². The number of carbonyl (C=O) groups excluding carboxylic acids is 1. The third kappa shape index (κ3) is 4.37. The summed E-state index contributed by atoms with van der Waals surface area (Å²) in [6, 6.07) is 18.9. The summed E-state index contributed by atoms with van der Waals surface area (Å²) >= 11 is 0. The quantitative estimate of drug-likeness (QED) is 0.834. The van der Waals surface area contributed by atoms with E-state index in [2.05, 4.69) is 17.5 Å². The van der Waals surface area contributed by atoms with Crippen molar-refractivity contribution in [3.8, 4) is 23.3 Å². The normalized spacial score (nSPS) is 16.4. The van der Waals surface area contributed by atoms with Gasteiger partial charge in [-0.05, 0) is 35.6 Å². The van der Waals surface area contributed by atoms with E-state index in [1.54, 1.807) is 0 Å². The minimum atomic E-state index is -1.01. The van der Waals surface area contributed by atoms with Crippen LogP contribution in [0, 0.1) is 22.7 Å². The lowest BCUT2D eigenvalue weighted by molar-refractivity contribution is -0.130. The average molecular weight is 374 g/mol. The van der Waals surface area contributed by atoms with E-state index < -0.39 is 11.6 Å². The van der Waals surface area contributed by atoms with Crippen LogP contribution in [0.4, 0.5) is 0 Å². The molecule has 0 aliphatic carbocycles. The molecule has 2 aromatic rings. The number of benzene rings is 2. The van der Waals surface area contributed by atoms with Gasteiger partial charge >= 0.3 is 0 Å². The fourth-order valence-electron chi connectivity index (χ4n) is 3.28. The van der Waals surface area contributed by atoms with Crippen molar-refractivity contribution in [2.75, 3.05) is 13.2 Å². The summed E-state index contributed by atoms with van der Waals surface area (Å²) in [5, 5.41) is 21.8. The van der Waals surface area contributed by atoms with Crippen LogP contribution in [-0.4, -0.2) is 30.7 Å². The minimum Gasteiger partial charge on any atom is -0.381 e. The second-order valence-electron chi connectivity index (χ2n) is 6.98. The van der Waals surface area contributed by atoms with Gasteiger partial charge in [0.05, 0.1) is 23.2 Å². The van der Waals surface area contributed by atoms with Gasteiger partial charge in [0.2, 0.25) is 5.91 Å². The van der Waals surface area contributed by atoms with E-state index in [0.29, 0.717) is 37.2 Å². The summed E-state index contributed by atoms with van der Waals surface area (Å²) in [4.78, 5) is 12.6. The van der Waals surface area contributed by atoms with Crippen LogP contribution in [0.15, 0.2) is 48.5 Å². The SMILES string of the molecule is N#Cc1cc(-c2ccccc2)ccc1CC(C#N)NC(=O)C1(N)CCOCC1. The maximum absolute atomic E-state index is 12.6. The van der Waals surface area contributed by atoms with Crippen LogP contribution in [-0.2, 0) is 16.0 Å². The highest BCUT2D eigenvalue weighted by Gasteiger charge is 2.36. The predicted molar refractivity (Wildman–Crippen MR) is 105 cm³/mol. The number of nitrogens with one attached hydrogen (secondary N) is 1. The molecule has 1 atom stereocenters. The van der Waals surface area contributed by atoms with Gasteiger partial charge in [0.15, 0.2) is 0 Å². The smallest absolute Gasteiger partial charge is 0.241 e. The Kier molecular flexibility index (Phi) is 6.06. The van der Waals surface area contributed by atoms with Gasteiger partial charge in [0.1, 0.15) is 6.04 Å². The molecule has 1 saturated heterocycles. The molecule has 1 heterocycles. The van der Waals surface area contributed by atoms with Crippen molar-refractivity contribution in [2.45, 2.75) is 30.8 Å². The van der Waals surface area contributed by atoms with Crippen molar-refractivity contribution in [1.29, 1.82) is 10.5 Å². The first-order valence-corrected chi connectivity index (χ1v) is 9.21. The van der Waals surface area contributed by atoms with Crippen molar-refractivity contribution >= 4 is 5.91 Å². The summed E-state index contributed by atoms with van der Waals surface area (Å²) in [6.45, 7) is 0.862. The Morgan fingerprint density at radius 1 is 1.14 bits per heavy atom. The van der Waals surface area contributed by atoms with Gasteiger partial charge in [-0.3, -0.25) is 4.79 Å². The summed E-state index contributed by atoms with van der Waals surface area (Å²) in [5.41, 5.74) is 8.33. The Hall–Kier alpha value is -3.19. The molecule has 3 rings (SSSR count). The van der Waals surface area contributed by atoms with Crippen LogP contribution in [0.3, 0.4) is 0 Å². The molecule has 28 heavy (non-hydrogen) atoms. The molecule has 6 heteroatoms. The number of rotatable bonds is 5. The first-order chi connectivity index (χ1) is 13.6. The van der Waals surface area contributed by atoms with E-state index in [1.807, 2.05) is 48.5 Å². The molecule has 1 aliphatic heterocycles. The molecule has 0 spiro atoms. The number of hydrogen-bond donors (Lipinski definition) is 2. The van der Waals surface area contributed by atoms with Crippen molar-refractivity contribution in [1.82, 2.24) is 5.32 Å². The van der Waals surface area contributed by atoms with Crippen LogP contribution in [0.2, 0.25) is 0 Å². The molecule has 6 nitrogen and oxygen atoms in total. The highest BCUT2D eigenvalue weighted by Crippen LogP contribution is 2.23. The molecule has 2 aromatic carbocycles. The molecule has 1 unspecified atom stereocenters. The molecule has 0 aromatic heterocycles. The molecular weight excluding hydrogens is 352 g/mol. The largest absolute Gasteiger partial charge is 0.381 e. The van der Waals surface area contributed by atoms with E-state index in [-0.39, 0.29) is 12.3 Å². The topological polar surface area (TPSA) is 112 Å². The highest BCUT2D eigenvalue weighted by atomic mass is 16.5. The van der Waals surface area contributed by atoms with Crippen LogP contribution < -0.4 is 11.1 Å². The Morgan fingerprint density at radius 3 is 2.50 bits per heavy atom. The Balaban J connectivity index is 1.75. The molecule has 142 valence electrons. The van der Waals surface area contributed by atoms with Crippen molar-refractivity contribution in [3.05, 3.63) is 59.7 Å². The van der Waals surface area contributed by atoms with Gasteiger partial charge in [-0.1, -0.05) is 42.5 Å². The van der Waals surface area contributed by atoms with Gasteiger partial charge in [0.25, 0.3) is 0 Å². The molecule has 0 radical (unpaired) electrons. The van der Waals surface area contributed by atoms with Gasteiger partial charge in [0, 0.05) is 19.6 Å². The standard InChI is InChI=1S/C22H22N4O2/c23-14-19-12-17(16-4-2-1-3-5-16)6-7-18(19)13-20(15-24)26-21(27)22(25)8-10-28-11-9-22/h1-7,12,20H,8-11,13,25H2,(H,26,27). The maximum Gasteiger partial charge on any atom is 0.241 e. The average Bonchev–Trinajstić information content (AvgIpc) is 2.74. The number of nitrogens with two attached hydrogens (primary N) is 1. The summed E-state index contributed by atoms with van der Waals surface area (Å²) < 4.78 is 5.26. The van der Waals surface area contributed by atoms with Gasteiger partial charge in [-0.25, -0.2) is 0 Å². The second-order valence-corrected chi connectivity index (χ2v) is 6.98. The first-order valence-electron chi connectivity index (χ1n) is 9.21. The number of ether oxygens (including phenoxy) is 1. The van der Waals surface area contributed by atoms with Crippen LogP contribution in [0.5, 0.6) is 0 Å². The van der Waals surface area contributed by atoms with Crippen LogP contribution >= 0.6 is 0 Å². The molecule has 0 bridgehead atoms. The zero-order valence-electron chi connectivity index (χ0n) is 15.5. The highest BCUT2D eigenvalue weighted by molar-refractivity contribution is 5.86. The maximum atomic E-state index is 12.6. The molecule has 1 fully saturated rings. The number of nitriles is 2. The Bertz CT molecular complexity index is 922. The third-order valence-corrected chi connectivity index (χ3v) is 5.06. The predicted octanol–water partition coefficient (Wildman–Crippen LogP) is 2.28. The zero-order chi connectivity index (χ0) is 20.0. The van der Waals surface area contributed by atoms with Gasteiger partial charge in [-0.15, -0.1) is 0 Å². The minimum absolute atomic E-state index is 0.243.